The van der Waals surface area contributed by atoms with Crippen LogP contribution in [0, 0.1) is 5.41 Å². The van der Waals surface area contributed by atoms with E-state index in [1.54, 1.807) is 7.05 Å². The van der Waals surface area contributed by atoms with Gasteiger partial charge < -0.3 is 10.3 Å². The number of rotatable bonds is 3. The van der Waals surface area contributed by atoms with Crippen molar-refractivity contribution in [2.24, 2.45) is 4.99 Å². The van der Waals surface area contributed by atoms with E-state index in [0.29, 0.717) is 6.42 Å². The minimum Gasteiger partial charge on any atom is -0.354 e. The first kappa shape index (κ1) is 8.81. The van der Waals surface area contributed by atoms with Gasteiger partial charge in [-0.15, -0.1) is 0 Å². The number of hydrogen-bond donors (Lipinski definition) is 2. The molecular formula is C6H11N3O. The van der Waals surface area contributed by atoms with E-state index in [1.807, 2.05) is 0 Å². The number of carbonyl (C=O) groups is 1. The first-order chi connectivity index (χ1) is 4.72. The lowest BCUT2D eigenvalue weighted by atomic mass is 10.3. The molecule has 0 fully saturated rings. The SMILES string of the molecule is CN=CCC(=N)C(=O)NC. The van der Waals surface area contributed by atoms with Crippen molar-refractivity contribution in [2.75, 3.05) is 14.1 Å². The summed E-state index contributed by atoms with van der Waals surface area (Å²) < 4.78 is 0. The molecule has 0 saturated heterocycles. The van der Waals surface area contributed by atoms with Crippen molar-refractivity contribution in [1.29, 1.82) is 5.41 Å². The van der Waals surface area contributed by atoms with Crippen molar-refractivity contribution in [3.05, 3.63) is 0 Å². The van der Waals surface area contributed by atoms with Gasteiger partial charge >= 0.3 is 0 Å². The quantitative estimate of drug-likeness (QED) is 0.527. The standard InChI is InChI=1S/C6H11N3O/c1-8-4-3-5(7)6(10)9-2/h4,7H,3H2,1-2H3,(H,9,10). The minimum absolute atomic E-state index is 0.0353. The van der Waals surface area contributed by atoms with Gasteiger partial charge in [0.25, 0.3) is 5.91 Å². The van der Waals surface area contributed by atoms with E-state index in [9.17, 15) is 4.79 Å². The fourth-order valence-electron chi connectivity index (χ4n) is 0.426. The van der Waals surface area contributed by atoms with E-state index in [0.717, 1.165) is 0 Å². The maximum Gasteiger partial charge on any atom is 0.265 e. The van der Waals surface area contributed by atoms with E-state index in [4.69, 9.17) is 5.41 Å². The Morgan fingerprint density at radius 2 is 2.40 bits per heavy atom. The Morgan fingerprint density at radius 1 is 1.80 bits per heavy atom. The molecule has 0 heterocycles. The molecule has 10 heavy (non-hydrogen) atoms. The van der Waals surface area contributed by atoms with Crippen LogP contribution >= 0.6 is 0 Å². The van der Waals surface area contributed by atoms with Crippen LogP contribution in [0.2, 0.25) is 0 Å². The molecule has 1 amide bonds. The summed E-state index contributed by atoms with van der Waals surface area (Å²) in [6.07, 6.45) is 1.83. The van der Waals surface area contributed by atoms with Gasteiger partial charge in [-0.3, -0.25) is 10.2 Å². The molecule has 0 rings (SSSR count). The van der Waals surface area contributed by atoms with Crippen LogP contribution < -0.4 is 5.32 Å². The fourth-order valence-corrected chi connectivity index (χ4v) is 0.426. The largest absolute Gasteiger partial charge is 0.354 e. The molecule has 0 aromatic carbocycles. The zero-order valence-corrected chi connectivity index (χ0v) is 6.14. The Morgan fingerprint density at radius 3 is 2.80 bits per heavy atom. The summed E-state index contributed by atoms with van der Waals surface area (Å²) in [7, 11) is 3.11. The monoisotopic (exact) mass is 141 g/mol. The van der Waals surface area contributed by atoms with Crippen molar-refractivity contribution in [3.63, 3.8) is 0 Å². The third kappa shape index (κ3) is 2.96. The second-order valence-corrected chi connectivity index (χ2v) is 1.70. The Kier molecular flexibility index (Phi) is 4.11. The van der Waals surface area contributed by atoms with Gasteiger partial charge in [0.1, 0.15) is 5.71 Å². The first-order valence-corrected chi connectivity index (χ1v) is 2.92. The number of hydrogen-bond acceptors (Lipinski definition) is 3. The van der Waals surface area contributed by atoms with E-state index in [2.05, 4.69) is 10.3 Å². The van der Waals surface area contributed by atoms with Crippen molar-refractivity contribution in [1.82, 2.24) is 5.32 Å². The van der Waals surface area contributed by atoms with Gasteiger partial charge in [-0.25, -0.2) is 0 Å². The van der Waals surface area contributed by atoms with E-state index in [-0.39, 0.29) is 11.6 Å². The predicted molar refractivity (Wildman–Crippen MR) is 40.8 cm³/mol. The molecule has 4 nitrogen and oxygen atoms in total. The normalized spacial score (nSPS) is 9.80. The van der Waals surface area contributed by atoms with Crippen LogP contribution in [0.15, 0.2) is 4.99 Å². The number of aliphatic imine (C=N–C) groups is 1. The van der Waals surface area contributed by atoms with Gasteiger partial charge in [0.15, 0.2) is 0 Å². The second kappa shape index (κ2) is 4.67. The van der Waals surface area contributed by atoms with Crippen LogP contribution in [0.3, 0.4) is 0 Å². The summed E-state index contributed by atoms with van der Waals surface area (Å²) in [5.74, 6) is -0.347. The van der Waals surface area contributed by atoms with Crippen LogP contribution in [0.25, 0.3) is 0 Å². The molecule has 4 heteroatoms. The molecule has 0 aromatic rings. The molecule has 0 bridgehead atoms. The Labute approximate surface area is 59.9 Å². The topological polar surface area (TPSA) is 65.3 Å². The molecule has 0 unspecified atom stereocenters. The number of amides is 1. The Hall–Kier alpha value is -1.19. The van der Waals surface area contributed by atoms with Crippen LogP contribution in [-0.4, -0.2) is 31.9 Å². The zero-order chi connectivity index (χ0) is 7.98. The van der Waals surface area contributed by atoms with E-state index >= 15 is 0 Å². The lowest BCUT2D eigenvalue weighted by molar-refractivity contribution is -0.114. The van der Waals surface area contributed by atoms with Gasteiger partial charge in [0, 0.05) is 26.7 Å². The molecule has 0 aliphatic rings. The molecule has 0 radical (unpaired) electrons. The highest BCUT2D eigenvalue weighted by Crippen LogP contribution is 1.78. The van der Waals surface area contributed by atoms with Crippen LogP contribution in [0.4, 0.5) is 0 Å². The van der Waals surface area contributed by atoms with Crippen molar-refractivity contribution < 1.29 is 4.79 Å². The highest BCUT2D eigenvalue weighted by Gasteiger charge is 2.02. The number of nitrogens with zero attached hydrogens (tertiary/aromatic N) is 1. The van der Waals surface area contributed by atoms with Gasteiger partial charge in [0.05, 0.1) is 0 Å². The zero-order valence-electron chi connectivity index (χ0n) is 6.14. The second-order valence-electron chi connectivity index (χ2n) is 1.70. The van der Waals surface area contributed by atoms with E-state index in [1.165, 1.54) is 13.3 Å². The summed E-state index contributed by atoms with van der Waals surface area (Å²) in [4.78, 5) is 14.3. The average molecular weight is 141 g/mol. The Balaban J connectivity index is 3.74. The molecular weight excluding hydrogens is 130 g/mol. The summed E-state index contributed by atoms with van der Waals surface area (Å²) in [6, 6.07) is 0. The lowest BCUT2D eigenvalue weighted by Crippen LogP contribution is -2.26. The molecule has 0 atom stereocenters. The number of carbonyl (C=O) groups excluding carboxylic acids is 1. The average Bonchev–Trinajstić information content (AvgIpc) is 1.98. The third-order valence-electron chi connectivity index (χ3n) is 0.979. The highest BCUT2D eigenvalue weighted by atomic mass is 16.1. The number of nitrogens with one attached hydrogen (secondary N) is 2. The molecule has 0 aromatic heterocycles. The van der Waals surface area contributed by atoms with Gasteiger partial charge in [0.2, 0.25) is 0 Å². The minimum atomic E-state index is -0.347. The molecule has 0 saturated carbocycles. The fraction of sp³-hybridized carbons (Fsp3) is 0.500. The van der Waals surface area contributed by atoms with Gasteiger partial charge in [-0.1, -0.05) is 0 Å². The van der Waals surface area contributed by atoms with Crippen LogP contribution in [-0.2, 0) is 4.79 Å². The molecule has 0 aliphatic heterocycles. The molecule has 56 valence electrons. The van der Waals surface area contributed by atoms with Crippen molar-refractivity contribution in [3.8, 4) is 0 Å². The smallest absolute Gasteiger partial charge is 0.265 e. The highest BCUT2D eigenvalue weighted by molar-refractivity contribution is 6.39. The maximum absolute atomic E-state index is 10.6. The summed E-state index contributed by atoms with van der Waals surface area (Å²) >= 11 is 0. The van der Waals surface area contributed by atoms with Gasteiger partial charge in [-0.05, 0) is 0 Å². The predicted octanol–water partition coefficient (Wildman–Crippen LogP) is -0.157. The molecule has 2 N–H and O–H groups in total. The maximum atomic E-state index is 10.6. The van der Waals surface area contributed by atoms with Crippen LogP contribution in [0.1, 0.15) is 6.42 Å². The summed E-state index contributed by atoms with van der Waals surface area (Å²) in [5, 5.41) is 9.44. The lowest BCUT2D eigenvalue weighted by Gasteiger charge is -1.95. The Bertz CT molecular complexity index is 162. The van der Waals surface area contributed by atoms with Crippen LogP contribution in [0.5, 0.6) is 0 Å². The van der Waals surface area contributed by atoms with E-state index < -0.39 is 0 Å². The van der Waals surface area contributed by atoms with Crippen molar-refractivity contribution >= 4 is 17.8 Å². The first-order valence-electron chi connectivity index (χ1n) is 2.92. The van der Waals surface area contributed by atoms with Crippen molar-refractivity contribution in [2.45, 2.75) is 6.42 Å². The summed E-state index contributed by atoms with van der Waals surface area (Å²) in [6.45, 7) is 0. The summed E-state index contributed by atoms with van der Waals surface area (Å²) in [5.41, 5.74) is 0.0353. The third-order valence-corrected chi connectivity index (χ3v) is 0.979. The van der Waals surface area contributed by atoms with Gasteiger partial charge in [-0.2, -0.15) is 0 Å². The molecule has 0 aliphatic carbocycles. The molecule has 0 spiro atoms.